The van der Waals surface area contributed by atoms with Gasteiger partial charge in [-0.3, -0.25) is 15.2 Å². The van der Waals surface area contributed by atoms with Crippen LogP contribution in [0.5, 0.6) is 0 Å². The summed E-state index contributed by atoms with van der Waals surface area (Å²) in [5.41, 5.74) is 7.77. The fourth-order valence-electron chi connectivity index (χ4n) is 3.45. The van der Waals surface area contributed by atoms with Crippen molar-refractivity contribution in [3.05, 3.63) is 96.3 Å². The van der Waals surface area contributed by atoms with Gasteiger partial charge in [0, 0.05) is 10.9 Å². The molecule has 0 aliphatic rings. The molecule has 0 saturated carbocycles. The molecule has 4 rings (SSSR count). The third-order valence-electron chi connectivity index (χ3n) is 5.14. The number of hydrogen-bond acceptors (Lipinski definition) is 3. The van der Waals surface area contributed by atoms with Gasteiger partial charge in [0.25, 0.3) is 0 Å². The van der Waals surface area contributed by atoms with Crippen molar-refractivity contribution in [2.75, 3.05) is 5.01 Å². The van der Waals surface area contributed by atoms with Gasteiger partial charge in [0.1, 0.15) is 5.58 Å². The molecular weight excluding hydrogens is 372 g/mol. The number of hydrogen-bond donors (Lipinski definition) is 1. The topological polar surface area (TPSA) is 45.5 Å². The molecule has 0 aliphatic carbocycles. The second-order valence-electron chi connectivity index (χ2n) is 8.44. The summed E-state index contributed by atoms with van der Waals surface area (Å²) in [6.45, 7) is 6.54. The van der Waals surface area contributed by atoms with E-state index >= 15 is 0 Å². The number of hydrazine groups is 1. The van der Waals surface area contributed by atoms with E-state index in [0.717, 1.165) is 27.9 Å². The Labute approximate surface area is 177 Å². The summed E-state index contributed by atoms with van der Waals surface area (Å²) in [5, 5.41) is 2.80. The highest BCUT2D eigenvalue weighted by atomic mass is 16.3. The molecule has 4 heteroatoms. The minimum atomic E-state index is -0.105. The van der Waals surface area contributed by atoms with E-state index in [1.807, 2.05) is 71.7 Å². The molecule has 1 amide bonds. The Morgan fingerprint density at radius 3 is 2.07 bits per heavy atom. The van der Waals surface area contributed by atoms with Gasteiger partial charge in [-0.1, -0.05) is 63.2 Å². The summed E-state index contributed by atoms with van der Waals surface area (Å²) in [5.74, 6) is -0.105. The van der Waals surface area contributed by atoms with Gasteiger partial charge in [-0.05, 0) is 47.4 Å². The van der Waals surface area contributed by atoms with Gasteiger partial charge in [0.05, 0.1) is 24.1 Å². The van der Waals surface area contributed by atoms with E-state index in [4.69, 9.17) is 4.42 Å². The lowest BCUT2D eigenvalue weighted by atomic mass is 9.86. The molecule has 0 saturated heterocycles. The van der Waals surface area contributed by atoms with Crippen LogP contribution in [0.1, 0.15) is 31.9 Å². The summed E-state index contributed by atoms with van der Waals surface area (Å²) in [7, 11) is 0. The number of nitrogens with zero attached hydrogens (tertiary/aromatic N) is 1. The number of carbonyl (C=O) groups is 1. The highest BCUT2D eigenvalue weighted by Gasteiger charge is 2.18. The van der Waals surface area contributed by atoms with Gasteiger partial charge in [-0.2, -0.15) is 0 Å². The van der Waals surface area contributed by atoms with E-state index in [0.29, 0.717) is 0 Å². The molecule has 4 aromatic rings. The second-order valence-corrected chi connectivity index (χ2v) is 8.44. The molecule has 1 heterocycles. The number of amides is 1. The van der Waals surface area contributed by atoms with Crippen LogP contribution in [0.4, 0.5) is 11.4 Å². The summed E-state index contributed by atoms with van der Waals surface area (Å²) >= 11 is 0. The number of furan rings is 1. The van der Waals surface area contributed by atoms with Gasteiger partial charge in [0.15, 0.2) is 0 Å². The van der Waals surface area contributed by atoms with Crippen molar-refractivity contribution in [2.24, 2.45) is 0 Å². The average molecular weight is 399 g/mol. The number of benzene rings is 3. The Morgan fingerprint density at radius 2 is 1.50 bits per heavy atom. The van der Waals surface area contributed by atoms with E-state index in [1.165, 1.54) is 5.56 Å². The molecule has 0 fully saturated rings. The van der Waals surface area contributed by atoms with E-state index in [1.54, 1.807) is 6.26 Å². The molecule has 3 aromatic carbocycles. The van der Waals surface area contributed by atoms with Crippen molar-refractivity contribution in [1.29, 1.82) is 0 Å². The molecular formula is C26H26N2O2. The second kappa shape index (κ2) is 8.07. The molecule has 0 radical (unpaired) electrons. The molecule has 0 aliphatic heterocycles. The zero-order valence-corrected chi connectivity index (χ0v) is 17.6. The fourth-order valence-corrected chi connectivity index (χ4v) is 3.45. The Balaban J connectivity index is 1.60. The van der Waals surface area contributed by atoms with Crippen LogP contribution in [-0.2, 0) is 16.6 Å². The molecule has 1 N–H and O–H groups in total. The first-order valence-corrected chi connectivity index (χ1v) is 10.1. The molecule has 0 unspecified atom stereocenters. The zero-order valence-electron chi connectivity index (χ0n) is 17.6. The van der Waals surface area contributed by atoms with E-state index < -0.39 is 0 Å². The number of carbonyl (C=O) groups excluding carboxylic acids is 1. The van der Waals surface area contributed by atoms with Gasteiger partial charge in [0.2, 0.25) is 5.91 Å². The molecule has 152 valence electrons. The first kappa shape index (κ1) is 19.8. The summed E-state index contributed by atoms with van der Waals surface area (Å²) in [4.78, 5) is 13.0. The number of fused-ring (bicyclic) bond motifs is 1. The minimum absolute atomic E-state index is 0.0302. The van der Waals surface area contributed by atoms with Crippen molar-refractivity contribution in [1.82, 2.24) is 5.43 Å². The predicted molar refractivity (Wildman–Crippen MR) is 122 cm³/mol. The maximum Gasteiger partial charge on any atom is 0.243 e. The molecule has 0 atom stereocenters. The smallest absolute Gasteiger partial charge is 0.243 e. The first-order valence-electron chi connectivity index (χ1n) is 10.1. The number of para-hydroxylation sites is 2. The van der Waals surface area contributed by atoms with Gasteiger partial charge < -0.3 is 4.42 Å². The van der Waals surface area contributed by atoms with Crippen LogP contribution in [0.25, 0.3) is 11.0 Å². The number of nitrogens with one attached hydrogen (secondary N) is 1. The normalized spacial score (nSPS) is 11.4. The maximum absolute atomic E-state index is 13.0. The maximum atomic E-state index is 13.0. The molecule has 0 spiro atoms. The SMILES string of the molecule is CC(C)(C)c1ccc2occ(CC(=O)NN(c3ccccc3)c3ccccc3)c2c1. The third kappa shape index (κ3) is 4.23. The standard InChI is InChI=1S/C26H26N2O2/c1-26(2,3)20-14-15-24-23(17-20)19(18-30-24)16-25(29)27-28(21-10-6-4-7-11-21)22-12-8-5-9-13-22/h4-15,17-18H,16H2,1-3H3,(H,27,29). The zero-order chi connectivity index (χ0) is 21.1. The van der Waals surface area contributed by atoms with Crippen molar-refractivity contribution < 1.29 is 9.21 Å². The van der Waals surface area contributed by atoms with Crippen molar-refractivity contribution in [2.45, 2.75) is 32.6 Å². The van der Waals surface area contributed by atoms with Gasteiger partial charge in [-0.25, -0.2) is 0 Å². The van der Waals surface area contributed by atoms with E-state index in [9.17, 15) is 4.79 Å². The molecule has 30 heavy (non-hydrogen) atoms. The molecule has 4 nitrogen and oxygen atoms in total. The van der Waals surface area contributed by atoms with Crippen LogP contribution in [0, 0.1) is 0 Å². The Morgan fingerprint density at radius 1 is 0.900 bits per heavy atom. The molecule has 0 bridgehead atoms. The van der Waals surface area contributed by atoms with Crippen LogP contribution < -0.4 is 10.4 Å². The fraction of sp³-hybridized carbons (Fsp3) is 0.192. The molecule has 1 aromatic heterocycles. The third-order valence-corrected chi connectivity index (χ3v) is 5.14. The summed E-state index contributed by atoms with van der Waals surface area (Å²) < 4.78 is 5.70. The van der Waals surface area contributed by atoms with Crippen LogP contribution in [0.15, 0.2) is 89.5 Å². The predicted octanol–water partition coefficient (Wildman–Crippen LogP) is 6.14. The lowest BCUT2D eigenvalue weighted by Crippen LogP contribution is -2.39. The number of anilines is 2. The van der Waals surface area contributed by atoms with Crippen LogP contribution in [0.3, 0.4) is 0 Å². The van der Waals surface area contributed by atoms with Crippen molar-refractivity contribution in [3.63, 3.8) is 0 Å². The largest absolute Gasteiger partial charge is 0.464 e. The van der Waals surface area contributed by atoms with Crippen molar-refractivity contribution >= 4 is 28.3 Å². The van der Waals surface area contributed by atoms with Gasteiger partial charge in [-0.15, -0.1) is 0 Å². The highest BCUT2D eigenvalue weighted by Crippen LogP contribution is 2.29. The summed E-state index contributed by atoms with van der Waals surface area (Å²) in [6.07, 6.45) is 1.92. The van der Waals surface area contributed by atoms with Crippen LogP contribution in [0.2, 0.25) is 0 Å². The van der Waals surface area contributed by atoms with E-state index in [2.05, 4.69) is 38.3 Å². The van der Waals surface area contributed by atoms with Crippen LogP contribution in [-0.4, -0.2) is 5.91 Å². The first-order chi connectivity index (χ1) is 14.4. The minimum Gasteiger partial charge on any atom is -0.464 e. The highest BCUT2D eigenvalue weighted by molar-refractivity contribution is 5.89. The van der Waals surface area contributed by atoms with Gasteiger partial charge >= 0.3 is 0 Å². The number of rotatable bonds is 5. The summed E-state index contributed by atoms with van der Waals surface area (Å²) in [6, 6.07) is 25.8. The quantitative estimate of drug-likeness (QED) is 0.411. The average Bonchev–Trinajstić information content (AvgIpc) is 3.14. The lowest BCUT2D eigenvalue weighted by molar-refractivity contribution is -0.120. The Bertz CT molecular complexity index is 1100. The Kier molecular flexibility index (Phi) is 5.32. The van der Waals surface area contributed by atoms with Crippen molar-refractivity contribution in [3.8, 4) is 0 Å². The van der Waals surface area contributed by atoms with E-state index in [-0.39, 0.29) is 17.7 Å². The van der Waals surface area contributed by atoms with Crippen LogP contribution >= 0.6 is 0 Å². The Hall–Kier alpha value is -3.53. The monoisotopic (exact) mass is 398 g/mol. The lowest BCUT2D eigenvalue weighted by Gasteiger charge is -2.25.